The zero-order valence-electron chi connectivity index (χ0n) is 13.3. The first-order chi connectivity index (χ1) is 9.95. The average molecular weight is 291 g/mol. The molecule has 1 heterocycles. The molecule has 4 heteroatoms. The Morgan fingerprint density at radius 1 is 1.24 bits per heavy atom. The number of carbonyl (C=O) groups excluding carboxylic acids is 1. The Morgan fingerprint density at radius 2 is 1.81 bits per heavy atom. The van der Waals surface area contributed by atoms with E-state index in [9.17, 15) is 4.79 Å². The molecule has 1 aromatic rings. The van der Waals surface area contributed by atoms with Gasteiger partial charge in [-0.1, -0.05) is 13.8 Å². The van der Waals surface area contributed by atoms with Crippen LogP contribution >= 0.6 is 0 Å². The van der Waals surface area contributed by atoms with E-state index in [0.717, 1.165) is 5.75 Å². The van der Waals surface area contributed by atoms with Gasteiger partial charge in [0.25, 0.3) is 5.91 Å². The lowest BCUT2D eigenvalue weighted by molar-refractivity contribution is -0.0586. The van der Waals surface area contributed by atoms with E-state index in [1.165, 1.54) is 0 Å². The Balaban J connectivity index is 1.99. The van der Waals surface area contributed by atoms with Crippen LogP contribution in [0.15, 0.2) is 24.3 Å². The number of rotatable bonds is 4. The fourth-order valence-electron chi connectivity index (χ4n) is 2.48. The van der Waals surface area contributed by atoms with Crippen molar-refractivity contribution in [2.75, 3.05) is 19.7 Å². The van der Waals surface area contributed by atoms with E-state index in [2.05, 4.69) is 13.8 Å². The third-order valence-corrected chi connectivity index (χ3v) is 3.39. The van der Waals surface area contributed by atoms with Crippen LogP contribution in [0.1, 0.15) is 38.1 Å². The van der Waals surface area contributed by atoms with Crippen LogP contribution < -0.4 is 4.74 Å². The van der Waals surface area contributed by atoms with E-state index < -0.39 is 0 Å². The molecule has 0 radical (unpaired) electrons. The van der Waals surface area contributed by atoms with Crippen LogP contribution in [0.5, 0.6) is 5.75 Å². The van der Waals surface area contributed by atoms with E-state index in [0.29, 0.717) is 31.2 Å². The summed E-state index contributed by atoms with van der Waals surface area (Å²) in [6.07, 6.45) is 0.178. The van der Waals surface area contributed by atoms with Crippen LogP contribution in [0.25, 0.3) is 0 Å². The van der Waals surface area contributed by atoms with Crippen molar-refractivity contribution in [2.45, 2.75) is 39.9 Å². The van der Waals surface area contributed by atoms with E-state index in [1.54, 1.807) is 0 Å². The van der Waals surface area contributed by atoms with Crippen LogP contribution in [0.2, 0.25) is 0 Å². The molecule has 2 atom stereocenters. The smallest absolute Gasteiger partial charge is 0.254 e. The molecule has 4 nitrogen and oxygen atoms in total. The summed E-state index contributed by atoms with van der Waals surface area (Å²) in [6, 6.07) is 7.40. The van der Waals surface area contributed by atoms with Crippen LogP contribution in [-0.2, 0) is 4.74 Å². The number of morpholine rings is 1. The van der Waals surface area contributed by atoms with Crippen molar-refractivity contribution in [3.8, 4) is 5.75 Å². The summed E-state index contributed by atoms with van der Waals surface area (Å²) in [4.78, 5) is 14.4. The number of benzene rings is 1. The van der Waals surface area contributed by atoms with Gasteiger partial charge in [0.2, 0.25) is 0 Å². The van der Waals surface area contributed by atoms with Crippen LogP contribution in [0.3, 0.4) is 0 Å². The molecule has 1 aliphatic rings. The molecule has 0 N–H and O–H groups in total. The predicted molar refractivity (Wildman–Crippen MR) is 82.7 cm³/mol. The first kappa shape index (κ1) is 15.8. The maximum absolute atomic E-state index is 12.5. The van der Waals surface area contributed by atoms with E-state index in [1.807, 2.05) is 43.0 Å². The van der Waals surface area contributed by atoms with Gasteiger partial charge in [-0.3, -0.25) is 4.79 Å². The van der Waals surface area contributed by atoms with Gasteiger partial charge in [0.1, 0.15) is 5.75 Å². The molecule has 0 aliphatic carbocycles. The maximum atomic E-state index is 12.5. The molecular weight excluding hydrogens is 266 g/mol. The zero-order chi connectivity index (χ0) is 15.4. The number of hydrogen-bond acceptors (Lipinski definition) is 3. The van der Waals surface area contributed by atoms with Crippen LogP contribution in [0, 0.1) is 5.92 Å². The average Bonchev–Trinajstić information content (AvgIpc) is 2.44. The minimum absolute atomic E-state index is 0.0624. The predicted octanol–water partition coefficient (Wildman–Crippen LogP) is 2.97. The second kappa shape index (κ2) is 6.94. The fourth-order valence-corrected chi connectivity index (χ4v) is 2.48. The molecule has 1 aliphatic heterocycles. The molecule has 0 bridgehead atoms. The Labute approximate surface area is 127 Å². The molecule has 1 amide bonds. The zero-order valence-corrected chi connectivity index (χ0v) is 13.3. The van der Waals surface area contributed by atoms with Crippen molar-refractivity contribution < 1.29 is 14.3 Å². The molecule has 0 spiro atoms. The maximum Gasteiger partial charge on any atom is 0.254 e. The lowest BCUT2D eigenvalue weighted by atomic mass is 10.1. The Bertz CT molecular complexity index is 459. The van der Waals surface area contributed by atoms with Crippen molar-refractivity contribution in [3.63, 3.8) is 0 Å². The Morgan fingerprint density at radius 3 is 2.33 bits per heavy atom. The quantitative estimate of drug-likeness (QED) is 0.856. The largest absolute Gasteiger partial charge is 0.493 e. The summed E-state index contributed by atoms with van der Waals surface area (Å²) >= 11 is 0. The van der Waals surface area contributed by atoms with Crippen LogP contribution in [-0.4, -0.2) is 42.7 Å². The molecule has 21 heavy (non-hydrogen) atoms. The minimum Gasteiger partial charge on any atom is -0.493 e. The molecule has 0 unspecified atom stereocenters. The molecule has 1 saturated heterocycles. The summed E-state index contributed by atoms with van der Waals surface area (Å²) in [5, 5.41) is 0. The van der Waals surface area contributed by atoms with E-state index in [4.69, 9.17) is 9.47 Å². The summed E-state index contributed by atoms with van der Waals surface area (Å²) in [6.45, 7) is 10.2. The number of carbonyl (C=O) groups is 1. The highest BCUT2D eigenvalue weighted by Gasteiger charge is 2.26. The normalized spacial score (nSPS) is 22.4. The van der Waals surface area contributed by atoms with E-state index in [-0.39, 0.29) is 18.1 Å². The van der Waals surface area contributed by atoms with Gasteiger partial charge in [0.15, 0.2) is 0 Å². The highest BCUT2D eigenvalue weighted by Crippen LogP contribution is 2.17. The fraction of sp³-hybridized carbons (Fsp3) is 0.588. The highest BCUT2D eigenvalue weighted by molar-refractivity contribution is 5.94. The number of ether oxygens (including phenoxy) is 2. The number of nitrogens with zero attached hydrogens (tertiary/aromatic N) is 1. The van der Waals surface area contributed by atoms with Gasteiger partial charge in [0, 0.05) is 18.7 Å². The van der Waals surface area contributed by atoms with Crippen molar-refractivity contribution in [2.24, 2.45) is 5.92 Å². The van der Waals surface area contributed by atoms with Gasteiger partial charge < -0.3 is 14.4 Å². The summed E-state index contributed by atoms with van der Waals surface area (Å²) in [7, 11) is 0. The van der Waals surface area contributed by atoms with Gasteiger partial charge >= 0.3 is 0 Å². The SMILES string of the molecule is CC(C)COc1ccc(C(=O)N2C[C@H](C)O[C@@H](C)C2)cc1. The van der Waals surface area contributed by atoms with E-state index >= 15 is 0 Å². The number of amides is 1. The van der Waals surface area contributed by atoms with Gasteiger partial charge in [-0.25, -0.2) is 0 Å². The second-order valence-corrected chi connectivity index (χ2v) is 6.20. The highest BCUT2D eigenvalue weighted by atomic mass is 16.5. The third-order valence-electron chi connectivity index (χ3n) is 3.39. The monoisotopic (exact) mass is 291 g/mol. The van der Waals surface area contributed by atoms with Crippen molar-refractivity contribution in [3.05, 3.63) is 29.8 Å². The van der Waals surface area contributed by atoms with Crippen molar-refractivity contribution in [1.82, 2.24) is 4.90 Å². The van der Waals surface area contributed by atoms with Gasteiger partial charge in [-0.05, 0) is 44.0 Å². The molecule has 116 valence electrons. The van der Waals surface area contributed by atoms with Crippen LogP contribution in [0.4, 0.5) is 0 Å². The first-order valence-corrected chi connectivity index (χ1v) is 7.63. The van der Waals surface area contributed by atoms with Crippen molar-refractivity contribution >= 4 is 5.91 Å². The van der Waals surface area contributed by atoms with Gasteiger partial charge in [0.05, 0.1) is 18.8 Å². The third kappa shape index (κ3) is 4.46. The Kier molecular flexibility index (Phi) is 5.23. The summed E-state index contributed by atoms with van der Waals surface area (Å²) in [5.74, 6) is 1.36. The topological polar surface area (TPSA) is 38.8 Å². The van der Waals surface area contributed by atoms with Crippen molar-refractivity contribution in [1.29, 1.82) is 0 Å². The second-order valence-electron chi connectivity index (χ2n) is 6.20. The molecular formula is C17H25NO3. The van der Waals surface area contributed by atoms with Gasteiger partial charge in [-0.15, -0.1) is 0 Å². The summed E-state index contributed by atoms with van der Waals surface area (Å²) in [5.41, 5.74) is 0.702. The molecule has 1 aromatic carbocycles. The van der Waals surface area contributed by atoms with Gasteiger partial charge in [-0.2, -0.15) is 0 Å². The lowest BCUT2D eigenvalue weighted by Crippen LogP contribution is -2.48. The lowest BCUT2D eigenvalue weighted by Gasteiger charge is -2.35. The molecule has 1 fully saturated rings. The summed E-state index contributed by atoms with van der Waals surface area (Å²) < 4.78 is 11.3. The molecule has 0 saturated carbocycles. The first-order valence-electron chi connectivity index (χ1n) is 7.63. The molecule has 0 aromatic heterocycles. The molecule has 2 rings (SSSR count). The number of hydrogen-bond donors (Lipinski definition) is 0. The minimum atomic E-state index is 0.0624. The standard InChI is InChI=1S/C17H25NO3/c1-12(2)11-20-16-7-5-15(6-8-16)17(19)18-9-13(3)21-14(4)10-18/h5-8,12-14H,9-11H2,1-4H3/t13-,14-/m0/s1. The Hall–Kier alpha value is -1.55.